The van der Waals surface area contributed by atoms with E-state index in [2.05, 4.69) is 9.80 Å². The van der Waals surface area contributed by atoms with Gasteiger partial charge >= 0.3 is 0 Å². The number of amidine groups is 1. The van der Waals surface area contributed by atoms with E-state index in [1.54, 1.807) is 0 Å². The monoisotopic (exact) mass is 227 g/mol. The number of aliphatic hydroxyl groups is 1. The molecule has 2 unspecified atom stereocenters. The summed E-state index contributed by atoms with van der Waals surface area (Å²) in [5.74, 6) is 0.635. The summed E-state index contributed by atoms with van der Waals surface area (Å²) >= 11 is 0. The van der Waals surface area contributed by atoms with Crippen LogP contribution in [0.15, 0.2) is 0 Å². The van der Waals surface area contributed by atoms with Crippen molar-refractivity contribution in [3.05, 3.63) is 0 Å². The Morgan fingerprint density at radius 2 is 2.00 bits per heavy atom. The SMILES string of the molecule is CN(C)CC1CC(O)CN1C(=N)C(C)(C)C. The molecule has 1 saturated heterocycles. The number of likely N-dealkylation sites (N-methyl/N-ethyl adjacent to an activating group) is 1. The van der Waals surface area contributed by atoms with Gasteiger partial charge in [-0.1, -0.05) is 20.8 Å². The highest BCUT2D eigenvalue weighted by Crippen LogP contribution is 2.26. The molecule has 0 aromatic carbocycles. The van der Waals surface area contributed by atoms with E-state index in [0.29, 0.717) is 12.4 Å². The van der Waals surface area contributed by atoms with Gasteiger partial charge < -0.3 is 14.9 Å². The van der Waals surface area contributed by atoms with Crippen molar-refractivity contribution in [1.29, 1.82) is 5.41 Å². The van der Waals surface area contributed by atoms with Gasteiger partial charge in [0, 0.05) is 24.5 Å². The number of rotatable bonds is 2. The van der Waals surface area contributed by atoms with E-state index in [0.717, 1.165) is 13.0 Å². The average molecular weight is 227 g/mol. The Balaban J connectivity index is 2.73. The van der Waals surface area contributed by atoms with Gasteiger partial charge in [-0.15, -0.1) is 0 Å². The third kappa shape index (κ3) is 3.19. The number of aliphatic hydroxyl groups excluding tert-OH is 1. The van der Waals surface area contributed by atoms with Gasteiger partial charge in [0.05, 0.1) is 6.10 Å². The molecule has 2 N–H and O–H groups in total. The molecular weight excluding hydrogens is 202 g/mol. The summed E-state index contributed by atoms with van der Waals surface area (Å²) < 4.78 is 0. The van der Waals surface area contributed by atoms with Crippen molar-refractivity contribution < 1.29 is 5.11 Å². The summed E-state index contributed by atoms with van der Waals surface area (Å²) in [5.41, 5.74) is -0.144. The van der Waals surface area contributed by atoms with Crippen LogP contribution in [0.25, 0.3) is 0 Å². The summed E-state index contributed by atoms with van der Waals surface area (Å²) in [6.07, 6.45) is 0.490. The maximum absolute atomic E-state index is 9.74. The van der Waals surface area contributed by atoms with Crippen molar-refractivity contribution in [3.63, 3.8) is 0 Å². The Morgan fingerprint density at radius 3 is 2.44 bits per heavy atom. The molecule has 1 aliphatic heterocycles. The van der Waals surface area contributed by atoms with Crippen molar-refractivity contribution in [3.8, 4) is 0 Å². The average Bonchev–Trinajstić information content (AvgIpc) is 2.42. The largest absolute Gasteiger partial charge is 0.391 e. The van der Waals surface area contributed by atoms with E-state index < -0.39 is 0 Å². The molecule has 0 aromatic heterocycles. The quantitative estimate of drug-likeness (QED) is 0.547. The first-order valence-electron chi connectivity index (χ1n) is 5.90. The molecule has 4 nitrogen and oxygen atoms in total. The van der Waals surface area contributed by atoms with Crippen LogP contribution in [0.3, 0.4) is 0 Å². The lowest BCUT2D eigenvalue weighted by Gasteiger charge is -2.34. The first-order chi connectivity index (χ1) is 7.21. The first-order valence-corrected chi connectivity index (χ1v) is 5.90. The minimum absolute atomic E-state index is 0.144. The van der Waals surface area contributed by atoms with Crippen LogP contribution in [0.5, 0.6) is 0 Å². The van der Waals surface area contributed by atoms with Crippen LogP contribution >= 0.6 is 0 Å². The Morgan fingerprint density at radius 1 is 1.44 bits per heavy atom. The molecule has 1 rings (SSSR count). The third-order valence-electron chi connectivity index (χ3n) is 2.97. The number of likely N-dealkylation sites (tertiary alicyclic amines) is 1. The van der Waals surface area contributed by atoms with Crippen LogP contribution in [-0.2, 0) is 0 Å². The molecule has 16 heavy (non-hydrogen) atoms. The number of nitrogens with zero attached hydrogens (tertiary/aromatic N) is 2. The highest BCUT2D eigenvalue weighted by molar-refractivity contribution is 5.84. The van der Waals surface area contributed by atoms with E-state index in [-0.39, 0.29) is 17.6 Å². The molecule has 94 valence electrons. The maximum Gasteiger partial charge on any atom is 0.102 e. The van der Waals surface area contributed by atoms with Gasteiger partial charge in [-0.2, -0.15) is 0 Å². The summed E-state index contributed by atoms with van der Waals surface area (Å²) in [4.78, 5) is 4.18. The lowest BCUT2D eigenvalue weighted by Crippen LogP contribution is -2.45. The predicted molar refractivity (Wildman–Crippen MR) is 66.9 cm³/mol. The van der Waals surface area contributed by atoms with Crippen LogP contribution in [0.2, 0.25) is 0 Å². The molecular formula is C12H25N3O. The van der Waals surface area contributed by atoms with Gasteiger partial charge in [-0.3, -0.25) is 5.41 Å². The van der Waals surface area contributed by atoms with Crippen LogP contribution < -0.4 is 0 Å². The van der Waals surface area contributed by atoms with Gasteiger partial charge in [0.15, 0.2) is 0 Å². The van der Waals surface area contributed by atoms with Gasteiger partial charge in [-0.25, -0.2) is 0 Å². The van der Waals surface area contributed by atoms with Crippen molar-refractivity contribution >= 4 is 5.84 Å². The van der Waals surface area contributed by atoms with E-state index in [1.807, 2.05) is 34.9 Å². The molecule has 1 aliphatic rings. The zero-order chi connectivity index (χ0) is 12.5. The van der Waals surface area contributed by atoms with Crippen LogP contribution in [0.4, 0.5) is 0 Å². The number of nitrogens with one attached hydrogen (secondary N) is 1. The van der Waals surface area contributed by atoms with Gasteiger partial charge in [0.25, 0.3) is 0 Å². The van der Waals surface area contributed by atoms with E-state index in [1.165, 1.54) is 0 Å². The fourth-order valence-corrected chi connectivity index (χ4v) is 2.19. The summed E-state index contributed by atoms with van der Waals surface area (Å²) in [5, 5.41) is 17.9. The second-order valence-corrected chi connectivity index (χ2v) is 6.06. The summed E-state index contributed by atoms with van der Waals surface area (Å²) in [6.45, 7) is 7.65. The highest BCUT2D eigenvalue weighted by atomic mass is 16.3. The molecule has 2 atom stereocenters. The molecule has 4 heteroatoms. The minimum atomic E-state index is -0.285. The zero-order valence-corrected chi connectivity index (χ0v) is 11.1. The van der Waals surface area contributed by atoms with E-state index >= 15 is 0 Å². The normalized spacial score (nSPS) is 26.6. The van der Waals surface area contributed by atoms with Crippen LogP contribution in [0, 0.1) is 10.8 Å². The molecule has 1 fully saturated rings. The summed E-state index contributed by atoms with van der Waals surface area (Å²) in [7, 11) is 4.06. The van der Waals surface area contributed by atoms with Gasteiger partial charge in [-0.05, 0) is 20.5 Å². The van der Waals surface area contributed by atoms with Crippen molar-refractivity contribution in [1.82, 2.24) is 9.80 Å². The van der Waals surface area contributed by atoms with Crippen molar-refractivity contribution in [2.45, 2.75) is 39.3 Å². The summed E-state index contributed by atoms with van der Waals surface area (Å²) in [6, 6.07) is 0.275. The van der Waals surface area contributed by atoms with Gasteiger partial charge in [0.1, 0.15) is 5.84 Å². The van der Waals surface area contributed by atoms with E-state index in [4.69, 9.17) is 5.41 Å². The second-order valence-electron chi connectivity index (χ2n) is 6.06. The Labute approximate surface area is 98.7 Å². The van der Waals surface area contributed by atoms with Crippen molar-refractivity contribution in [2.75, 3.05) is 27.2 Å². The molecule has 0 amide bonds. The molecule has 0 saturated carbocycles. The van der Waals surface area contributed by atoms with Crippen molar-refractivity contribution in [2.24, 2.45) is 5.41 Å². The van der Waals surface area contributed by atoms with Crippen LogP contribution in [0.1, 0.15) is 27.2 Å². The molecule has 0 aliphatic carbocycles. The Hall–Kier alpha value is -0.610. The van der Waals surface area contributed by atoms with E-state index in [9.17, 15) is 5.11 Å². The second kappa shape index (κ2) is 4.72. The predicted octanol–water partition coefficient (Wildman–Crippen LogP) is 1.01. The lowest BCUT2D eigenvalue weighted by atomic mass is 9.93. The standard InChI is InChI=1S/C12H25N3O/c1-12(2,3)11(13)15-8-10(16)6-9(15)7-14(4)5/h9-10,13,16H,6-8H2,1-5H3. The first kappa shape index (κ1) is 13.5. The minimum Gasteiger partial charge on any atom is -0.391 e. The third-order valence-corrected chi connectivity index (χ3v) is 2.97. The molecule has 0 spiro atoms. The molecule has 1 heterocycles. The lowest BCUT2D eigenvalue weighted by molar-refractivity contribution is 0.186. The topological polar surface area (TPSA) is 50.6 Å². The zero-order valence-electron chi connectivity index (χ0n) is 11.1. The smallest absolute Gasteiger partial charge is 0.102 e. The molecule has 0 bridgehead atoms. The fourth-order valence-electron chi connectivity index (χ4n) is 2.19. The highest BCUT2D eigenvalue weighted by Gasteiger charge is 2.36. The fraction of sp³-hybridized carbons (Fsp3) is 0.917. The number of hydrogen-bond donors (Lipinski definition) is 2. The Bertz CT molecular complexity index is 257. The van der Waals surface area contributed by atoms with Gasteiger partial charge in [0.2, 0.25) is 0 Å². The molecule has 0 aromatic rings. The molecule has 0 radical (unpaired) electrons. The Kier molecular flexibility index (Phi) is 3.97. The maximum atomic E-state index is 9.74. The van der Waals surface area contributed by atoms with Crippen LogP contribution in [-0.4, -0.2) is 60.1 Å². The number of hydrogen-bond acceptors (Lipinski definition) is 3. The number of β-amino-alcohol motifs (C(OH)–C–C–N with tert-alkyl or cyclic N) is 1.